The first-order valence-electron chi connectivity index (χ1n) is 20.4. The van der Waals surface area contributed by atoms with E-state index in [1.807, 2.05) is 0 Å². The summed E-state index contributed by atoms with van der Waals surface area (Å²) in [6, 6.07) is 73.1. The van der Waals surface area contributed by atoms with Crippen LogP contribution in [0.1, 0.15) is 22.3 Å². The zero-order valence-corrected chi connectivity index (χ0v) is 31.5. The fourth-order valence-corrected chi connectivity index (χ4v) is 11.4. The minimum Gasteiger partial charge on any atom is -0.0616 e. The van der Waals surface area contributed by atoms with E-state index >= 15 is 0 Å². The Balaban J connectivity index is 1.37. The van der Waals surface area contributed by atoms with Gasteiger partial charge in [0.15, 0.2) is 0 Å². The second kappa shape index (κ2) is 11.1. The average Bonchev–Trinajstić information content (AvgIpc) is 3.85. The van der Waals surface area contributed by atoms with Gasteiger partial charge in [0, 0.05) is 0 Å². The molecule has 0 unspecified atom stereocenters. The van der Waals surface area contributed by atoms with E-state index in [1.165, 1.54) is 142 Å². The van der Waals surface area contributed by atoms with Crippen LogP contribution in [0.15, 0.2) is 194 Å². The molecule has 2 aliphatic carbocycles. The molecule has 0 fully saturated rings. The predicted molar refractivity (Wildman–Crippen MR) is 249 cm³/mol. The van der Waals surface area contributed by atoms with Crippen LogP contribution >= 0.6 is 0 Å². The molecule has 0 atom stereocenters. The van der Waals surface area contributed by atoms with Gasteiger partial charge in [-0.1, -0.05) is 194 Å². The van der Waals surface area contributed by atoms with Crippen LogP contribution in [-0.2, 0) is 0 Å². The van der Waals surface area contributed by atoms with E-state index in [1.54, 1.807) is 0 Å². The third-order valence-electron chi connectivity index (χ3n) is 13.5. The lowest BCUT2D eigenvalue weighted by atomic mass is 9.83. The van der Waals surface area contributed by atoms with Crippen LogP contribution in [0.5, 0.6) is 0 Å². The van der Waals surface area contributed by atoms with Crippen molar-refractivity contribution in [2.24, 2.45) is 0 Å². The Bertz CT molecular complexity index is 3390. The Kier molecular flexibility index (Phi) is 5.85. The van der Waals surface area contributed by atoms with Crippen molar-refractivity contribution < 1.29 is 0 Å². The molecule has 0 bridgehead atoms. The molecule has 0 spiro atoms. The summed E-state index contributed by atoms with van der Waals surface area (Å²) in [4.78, 5) is 0. The molecule has 12 aromatic carbocycles. The summed E-state index contributed by atoms with van der Waals surface area (Å²) in [6.45, 7) is 0. The molecule has 0 saturated carbocycles. The van der Waals surface area contributed by atoms with Gasteiger partial charge in [-0.15, -0.1) is 0 Å². The third-order valence-corrected chi connectivity index (χ3v) is 13.5. The molecule has 264 valence electrons. The number of benzene rings is 12. The van der Waals surface area contributed by atoms with Gasteiger partial charge in [0.1, 0.15) is 0 Å². The number of hydrogen-bond donors (Lipinski definition) is 0. The van der Waals surface area contributed by atoms with E-state index in [-0.39, 0.29) is 0 Å². The first-order chi connectivity index (χ1) is 28.9. The van der Waals surface area contributed by atoms with Crippen molar-refractivity contribution in [3.8, 4) is 22.3 Å². The molecule has 12 aromatic rings. The highest BCUT2D eigenvalue weighted by molar-refractivity contribution is 6.40. The molecule has 0 radical (unpaired) electrons. The van der Waals surface area contributed by atoms with Gasteiger partial charge >= 0.3 is 0 Å². The van der Waals surface area contributed by atoms with Crippen molar-refractivity contribution >= 4 is 97.3 Å². The van der Waals surface area contributed by atoms with E-state index < -0.39 is 0 Å². The van der Waals surface area contributed by atoms with Gasteiger partial charge in [0.25, 0.3) is 0 Å². The molecule has 0 nitrogen and oxygen atoms in total. The molecule has 58 heavy (non-hydrogen) atoms. The van der Waals surface area contributed by atoms with Gasteiger partial charge < -0.3 is 0 Å². The van der Waals surface area contributed by atoms with Crippen molar-refractivity contribution in [1.82, 2.24) is 0 Å². The summed E-state index contributed by atoms with van der Waals surface area (Å²) >= 11 is 0. The molecule has 0 heteroatoms. The fourth-order valence-electron chi connectivity index (χ4n) is 11.4. The molecule has 0 aromatic heterocycles. The Labute approximate surface area is 334 Å². The third kappa shape index (κ3) is 3.67. The molecule has 0 heterocycles. The number of hydrogen-bond acceptors (Lipinski definition) is 0. The molecule has 0 saturated heterocycles. The SMILES string of the molecule is c1ccc2c(c1)c1c(c3ccccc32)-c2c(c3ccccc3c3ccccc23)C1=C1c2c(c3ccccc3c3ccccc23)-c2c1c1ccccc1c1ccccc21. The number of rotatable bonds is 0. The van der Waals surface area contributed by atoms with Gasteiger partial charge in [-0.2, -0.15) is 0 Å². The lowest BCUT2D eigenvalue weighted by molar-refractivity contribution is 1.70. The van der Waals surface area contributed by atoms with Crippen LogP contribution in [0.3, 0.4) is 0 Å². The van der Waals surface area contributed by atoms with Crippen LogP contribution < -0.4 is 0 Å². The lowest BCUT2D eigenvalue weighted by Gasteiger charge is -2.19. The van der Waals surface area contributed by atoms with Crippen molar-refractivity contribution in [2.45, 2.75) is 0 Å². The summed E-state index contributed by atoms with van der Waals surface area (Å²) in [7, 11) is 0. The van der Waals surface area contributed by atoms with Crippen LogP contribution in [-0.4, -0.2) is 0 Å². The van der Waals surface area contributed by atoms with Gasteiger partial charge in [-0.3, -0.25) is 0 Å². The maximum atomic E-state index is 2.38. The van der Waals surface area contributed by atoms with Gasteiger partial charge in [-0.25, -0.2) is 0 Å². The molecule has 0 N–H and O–H groups in total. The highest BCUT2D eigenvalue weighted by Gasteiger charge is 2.40. The Hall–Kier alpha value is -7.54. The van der Waals surface area contributed by atoms with Crippen molar-refractivity contribution in [2.75, 3.05) is 0 Å². The van der Waals surface area contributed by atoms with E-state index in [0.29, 0.717) is 0 Å². The second-order valence-corrected chi connectivity index (χ2v) is 16.1. The van der Waals surface area contributed by atoms with E-state index in [9.17, 15) is 0 Å². The molecule has 0 aliphatic heterocycles. The first-order valence-corrected chi connectivity index (χ1v) is 20.4. The van der Waals surface area contributed by atoms with E-state index in [2.05, 4.69) is 194 Å². The van der Waals surface area contributed by atoms with Crippen LogP contribution in [0.2, 0.25) is 0 Å². The molecule has 14 rings (SSSR count). The average molecular weight is 729 g/mol. The smallest absolute Gasteiger partial charge is 0.0000476 e. The summed E-state index contributed by atoms with van der Waals surface area (Å²) in [5.74, 6) is 0. The quantitative estimate of drug-likeness (QED) is 0.136. The zero-order chi connectivity index (χ0) is 37.6. The summed E-state index contributed by atoms with van der Waals surface area (Å²) in [5.41, 5.74) is 13.4. The highest BCUT2D eigenvalue weighted by atomic mass is 14.4. The number of fused-ring (bicyclic) bond motifs is 26. The maximum Gasteiger partial charge on any atom is -0.0000476 e. The first kappa shape index (κ1) is 30.7. The summed E-state index contributed by atoms with van der Waals surface area (Å²) < 4.78 is 0. The van der Waals surface area contributed by atoms with Gasteiger partial charge in [-0.05, 0) is 142 Å². The largest absolute Gasteiger partial charge is 0.0616 e. The van der Waals surface area contributed by atoms with Crippen molar-refractivity contribution in [3.63, 3.8) is 0 Å². The van der Waals surface area contributed by atoms with Gasteiger partial charge in [0.05, 0.1) is 0 Å². The van der Waals surface area contributed by atoms with Crippen LogP contribution in [0, 0.1) is 0 Å². The highest BCUT2D eigenvalue weighted by Crippen LogP contribution is 2.64. The minimum atomic E-state index is 1.29. The molecular formula is C58H32. The Morgan fingerprint density at radius 1 is 0.121 bits per heavy atom. The van der Waals surface area contributed by atoms with Gasteiger partial charge in [0.2, 0.25) is 0 Å². The predicted octanol–water partition coefficient (Wildman–Crippen LogP) is 15.9. The lowest BCUT2D eigenvalue weighted by Crippen LogP contribution is -1.96. The molecular weight excluding hydrogens is 697 g/mol. The molecule has 0 amide bonds. The topological polar surface area (TPSA) is 0 Å². The normalized spacial score (nSPS) is 13.1. The monoisotopic (exact) mass is 728 g/mol. The van der Waals surface area contributed by atoms with Crippen LogP contribution in [0.4, 0.5) is 0 Å². The maximum absolute atomic E-state index is 2.38. The van der Waals surface area contributed by atoms with Crippen LogP contribution in [0.25, 0.3) is 120 Å². The Morgan fingerprint density at radius 2 is 0.241 bits per heavy atom. The Morgan fingerprint density at radius 3 is 0.397 bits per heavy atom. The van der Waals surface area contributed by atoms with Crippen molar-refractivity contribution in [3.05, 3.63) is 216 Å². The summed E-state index contributed by atoms with van der Waals surface area (Å²) in [5, 5.41) is 20.8. The van der Waals surface area contributed by atoms with E-state index in [4.69, 9.17) is 0 Å². The second-order valence-electron chi connectivity index (χ2n) is 16.1. The van der Waals surface area contributed by atoms with Crippen molar-refractivity contribution in [1.29, 1.82) is 0 Å². The standard InChI is InChI=1S/C58H32/c1-9-25-41-33(17-1)37-21-5-13-29-45(37)53-49(41)50-42-26-10-2-18-34(42)38-22-6-14-30-46(38)54(50)57(53)58-55-47-31-15-7-23-39(47)35-19-3-11-27-43(35)51(55)52-44-28-12-4-20-36(44)40-24-8-16-32-48(40)56(52)58/h1-32H. The molecule has 2 aliphatic rings. The fraction of sp³-hybridized carbons (Fsp3) is 0. The minimum absolute atomic E-state index is 1.29. The zero-order valence-electron chi connectivity index (χ0n) is 31.5. The van der Waals surface area contributed by atoms with E-state index in [0.717, 1.165) is 0 Å². The summed E-state index contributed by atoms with van der Waals surface area (Å²) in [6.07, 6.45) is 0.